The van der Waals surface area contributed by atoms with Crippen LogP contribution in [0.4, 0.5) is 0 Å². The largest absolute Gasteiger partial charge is 0.468 e. The van der Waals surface area contributed by atoms with Crippen molar-refractivity contribution in [2.45, 2.75) is 24.8 Å². The minimum Gasteiger partial charge on any atom is -0.468 e. The van der Waals surface area contributed by atoms with Crippen LogP contribution in [0.1, 0.15) is 34.5 Å². The van der Waals surface area contributed by atoms with E-state index in [4.69, 9.17) is 4.74 Å². The Balaban J connectivity index is 1.44. The number of carbonyl (C=O) groups is 2. The molecule has 1 aromatic heterocycles. The van der Waals surface area contributed by atoms with Gasteiger partial charge in [-0.25, -0.2) is 0 Å². The zero-order chi connectivity index (χ0) is 23.5. The first-order valence-electron chi connectivity index (χ1n) is 11.7. The molecule has 1 amide bonds. The molecular weight excluding hydrogens is 424 g/mol. The Bertz CT molecular complexity index is 1300. The fourth-order valence-corrected chi connectivity index (χ4v) is 5.14. The predicted molar refractivity (Wildman–Crippen MR) is 133 cm³/mol. The summed E-state index contributed by atoms with van der Waals surface area (Å²) >= 11 is 0. The van der Waals surface area contributed by atoms with Crippen molar-refractivity contribution in [1.29, 1.82) is 0 Å². The van der Waals surface area contributed by atoms with Crippen LogP contribution in [0.25, 0.3) is 10.9 Å². The van der Waals surface area contributed by atoms with Gasteiger partial charge < -0.3 is 14.2 Å². The van der Waals surface area contributed by atoms with Crippen LogP contribution in [-0.2, 0) is 21.5 Å². The number of fused-ring (bicyclic) bond motifs is 1. The molecule has 1 saturated heterocycles. The van der Waals surface area contributed by atoms with Crippen LogP contribution < -0.4 is 0 Å². The second-order valence-corrected chi connectivity index (χ2v) is 8.89. The van der Waals surface area contributed by atoms with Gasteiger partial charge in [0.05, 0.1) is 12.5 Å². The molecule has 5 rings (SSSR count). The zero-order valence-electron chi connectivity index (χ0n) is 19.3. The number of benzene rings is 3. The van der Waals surface area contributed by atoms with Crippen molar-refractivity contribution in [1.82, 2.24) is 9.47 Å². The molecular formula is C29H28N2O3. The number of aromatic nitrogens is 1. The number of esters is 1. The first kappa shape index (κ1) is 22.0. The van der Waals surface area contributed by atoms with Gasteiger partial charge in [0, 0.05) is 30.5 Å². The molecule has 0 N–H and O–H groups in total. The summed E-state index contributed by atoms with van der Waals surface area (Å²) in [6, 6.07) is 30.1. The number of nitrogens with zero attached hydrogens (tertiary/aromatic N) is 2. The van der Waals surface area contributed by atoms with E-state index in [9.17, 15) is 9.59 Å². The van der Waals surface area contributed by atoms with Gasteiger partial charge in [-0.1, -0.05) is 78.9 Å². The van der Waals surface area contributed by atoms with E-state index in [-0.39, 0.29) is 11.9 Å². The second kappa shape index (κ2) is 9.18. The Hall–Kier alpha value is -3.86. The van der Waals surface area contributed by atoms with Crippen LogP contribution in [0.5, 0.6) is 0 Å². The molecule has 1 fully saturated rings. The lowest BCUT2D eigenvalue weighted by Crippen LogP contribution is -2.49. The molecule has 2 heterocycles. The van der Waals surface area contributed by atoms with Crippen molar-refractivity contribution in [3.05, 3.63) is 108 Å². The number of rotatable bonds is 5. The van der Waals surface area contributed by atoms with Crippen LogP contribution in [0, 0.1) is 0 Å². The Kier molecular flexibility index (Phi) is 5.93. The zero-order valence-corrected chi connectivity index (χ0v) is 19.3. The van der Waals surface area contributed by atoms with E-state index >= 15 is 0 Å². The molecule has 3 aromatic carbocycles. The molecule has 4 aromatic rings. The normalized spacial score (nSPS) is 15.3. The number of amides is 1. The third-order valence-corrected chi connectivity index (χ3v) is 7.02. The quantitative estimate of drug-likeness (QED) is 0.399. The molecule has 1 aliphatic heterocycles. The number of carbonyl (C=O) groups excluding carboxylic acids is 2. The maximum absolute atomic E-state index is 13.8. The van der Waals surface area contributed by atoms with Gasteiger partial charge in [-0.15, -0.1) is 0 Å². The third kappa shape index (κ3) is 3.87. The minimum atomic E-state index is -0.719. The lowest BCUT2D eigenvalue weighted by atomic mass is 9.72. The summed E-state index contributed by atoms with van der Waals surface area (Å²) in [7, 11) is 1.44. The molecule has 0 spiro atoms. The van der Waals surface area contributed by atoms with E-state index in [0.29, 0.717) is 38.2 Å². The topological polar surface area (TPSA) is 51.5 Å². The molecule has 5 nitrogen and oxygen atoms in total. The molecule has 0 radical (unpaired) electrons. The summed E-state index contributed by atoms with van der Waals surface area (Å²) < 4.78 is 7.31. The van der Waals surface area contributed by atoms with Crippen LogP contribution in [0.2, 0.25) is 0 Å². The second-order valence-electron chi connectivity index (χ2n) is 8.89. The number of methoxy groups -OCH3 is 1. The lowest BCUT2D eigenvalue weighted by molar-refractivity contribution is -0.149. The predicted octanol–water partition coefficient (Wildman–Crippen LogP) is 5.04. The monoisotopic (exact) mass is 452 g/mol. The Morgan fingerprint density at radius 1 is 0.853 bits per heavy atom. The SMILES string of the molecule is COC(=O)C1(c2ccccc2)CCN(C(=O)c2cc3ccccc3n2Cc2ccccc2)CC1. The lowest BCUT2D eigenvalue weighted by Gasteiger charge is -2.40. The average molecular weight is 453 g/mol. The van der Waals surface area contributed by atoms with Gasteiger partial charge in [0.25, 0.3) is 5.91 Å². The van der Waals surface area contributed by atoms with Gasteiger partial charge >= 0.3 is 5.97 Å². The first-order chi connectivity index (χ1) is 16.6. The van der Waals surface area contributed by atoms with Crippen LogP contribution in [-0.4, -0.2) is 41.5 Å². The number of likely N-dealkylation sites (tertiary alicyclic amines) is 1. The molecule has 1 aliphatic rings. The third-order valence-electron chi connectivity index (χ3n) is 7.02. The van der Waals surface area contributed by atoms with Crippen molar-refractivity contribution in [3.8, 4) is 0 Å². The molecule has 0 aliphatic carbocycles. The Morgan fingerprint density at radius 2 is 1.47 bits per heavy atom. The highest BCUT2D eigenvalue weighted by Crippen LogP contribution is 2.37. The first-order valence-corrected chi connectivity index (χ1v) is 11.7. The number of hydrogen-bond acceptors (Lipinski definition) is 3. The van der Waals surface area contributed by atoms with E-state index in [0.717, 1.165) is 22.0 Å². The molecule has 34 heavy (non-hydrogen) atoms. The molecule has 0 atom stereocenters. The number of ether oxygens (including phenoxy) is 1. The van der Waals surface area contributed by atoms with E-state index in [1.807, 2.05) is 77.7 Å². The summed E-state index contributed by atoms with van der Waals surface area (Å²) in [4.78, 5) is 28.5. The standard InChI is InChI=1S/C29H28N2O3/c1-34-28(33)29(24-13-6-3-7-14-24)16-18-30(19-17-29)27(32)26-20-23-12-8-9-15-25(23)31(26)21-22-10-4-2-5-11-22/h2-15,20H,16-19,21H2,1H3. The Labute approximate surface area is 199 Å². The fraction of sp³-hybridized carbons (Fsp3) is 0.241. The minimum absolute atomic E-state index is 0.00124. The fourth-order valence-electron chi connectivity index (χ4n) is 5.14. The van der Waals surface area contributed by atoms with Crippen molar-refractivity contribution in [3.63, 3.8) is 0 Å². The summed E-state index contributed by atoms with van der Waals surface area (Å²) in [5.41, 5.74) is 3.09. The number of para-hydroxylation sites is 1. The smallest absolute Gasteiger partial charge is 0.316 e. The van der Waals surface area contributed by atoms with Crippen LogP contribution in [0.3, 0.4) is 0 Å². The summed E-state index contributed by atoms with van der Waals surface area (Å²) in [5.74, 6) is -0.234. The Morgan fingerprint density at radius 3 is 2.15 bits per heavy atom. The summed E-state index contributed by atoms with van der Waals surface area (Å²) in [5, 5.41) is 1.05. The van der Waals surface area contributed by atoms with Crippen molar-refractivity contribution < 1.29 is 14.3 Å². The molecule has 0 bridgehead atoms. The highest BCUT2D eigenvalue weighted by molar-refractivity contribution is 5.99. The van der Waals surface area contributed by atoms with E-state index in [1.54, 1.807) is 0 Å². The van der Waals surface area contributed by atoms with Crippen molar-refractivity contribution in [2.75, 3.05) is 20.2 Å². The van der Waals surface area contributed by atoms with Crippen LogP contribution >= 0.6 is 0 Å². The maximum atomic E-state index is 13.8. The van der Waals surface area contributed by atoms with Crippen molar-refractivity contribution in [2.24, 2.45) is 0 Å². The summed E-state index contributed by atoms with van der Waals surface area (Å²) in [6.07, 6.45) is 1.07. The van der Waals surface area contributed by atoms with Crippen molar-refractivity contribution >= 4 is 22.8 Å². The molecule has 0 saturated carbocycles. The highest BCUT2D eigenvalue weighted by atomic mass is 16.5. The van der Waals surface area contributed by atoms with Gasteiger partial charge in [-0.3, -0.25) is 9.59 Å². The van der Waals surface area contributed by atoms with Gasteiger partial charge in [0.2, 0.25) is 0 Å². The number of piperidine rings is 1. The van der Waals surface area contributed by atoms with Gasteiger partial charge in [-0.2, -0.15) is 0 Å². The van der Waals surface area contributed by atoms with Gasteiger partial charge in [-0.05, 0) is 36.1 Å². The highest BCUT2D eigenvalue weighted by Gasteiger charge is 2.45. The number of hydrogen-bond donors (Lipinski definition) is 0. The average Bonchev–Trinajstić information content (AvgIpc) is 3.27. The van der Waals surface area contributed by atoms with E-state index < -0.39 is 5.41 Å². The maximum Gasteiger partial charge on any atom is 0.316 e. The van der Waals surface area contributed by atoms with E-state index in [1.165, 1.54) is 7.11 Å². The van der Waals surface area contributed by atoms with Crippen LogP contribution in [0.15, 0.2) is 91.0 Å². The molecule has 0 unspecified atom stereocenters. The molecule has 172 valence electrons. The van der Waals surface area contributed by atoms with Gasteiger partial charge in [0.1, 0.15) is 5.69 Å². The van der Waals surface area contributed by atoms with Gasteiger partial charge in [0.15, 0.2) is 0 Å². The molecule has 5 heteroatoms. The van der Waals surface area contributed by atoms with E-state index in [2.05, 4.69) is 22.8 Å². The summed E-state index contributed by atoms with van der Waals surface area (Å²) in [6.45, 7) is 1.62.